The Kier molecular flexibility index (Phi) is 4.00. The van der Waals surface area contributed by atoms with Gasteiger partial charge >= 0.3 is 0 Å². The van der Waals surface area contributed by atoms with Crippen molar-refractivity contribution in [1.29, 1.82) is 0 Å². The molecule has 0 radical (unpaired) electrons. The largest absolute Gasteiger partial charge is 0.508 e. The first-order chi connectivity index (χ1) is 8.66. The molecule has 1 unspecified atom stereocenters. The molecule has 0 aliphatic heterocycles. The number of benzene rings is 2. The number of aromatic hydroxyl groups is 1. The van der Waals surface area contributed by atoms with Gasteiger partial charge in [-0.3, -0.25) is 0 Å². The summed E-state index contributed by atoms with van der Waals surface area (Å²) in [5.74, 6) is 0.348. The topological polar surface area (TPSA) is 32.3 Å². The lowest BCUT2D eigenvalue weighted by atomic mass is 10.1. The summed E-state index contributed by atoms with van der Waals surface area (Å²) in [6.45, 7) is 4.89. The predicted octanol–water partition coefficient (Wildman–Crippen LogP) is 3.55. The highest BCUT2D eigenvalue weighted by Crippen LogP contribution is 2.18. The predicted molar refractivity (Wildman–Crippen MR) is 74.5 cm³/mol. The lowest BCUT2D eigenvalue weighted by Gasteiger charge is -2.15. The molecule has 94 valence electrons. The van der Waals surface area contributed by atoms with Crippen molar-refractivity contribution in [3.05, 3.63) is 65.2 Å². The van der Waals surface area contributed by atoms with E-state index in [-0.39, 0.29) is 6.04 Å². The number of rotatable bonds is 4. The normalized spacial score (nSPS) is 12.3. The molecule has 0 heterocycles. The van der Waals surface area contributed by atoms with E-state index in [9.17, 15) is 5.11 Å². The van der Waals surface area contributed by atoms with Gasteiger partial charge in [0.2, 0.25) is 0 Å². The molecule has 2 N–H and O–H groups in total. The van der Waals surface area contributed by atoms with Crippen molar-refractivity contribution in [2.24, 2.45) is 0 Å². The summed E-state index contributed by atoms with van der Waals surface area (Å²) in [5, 5.41) is 13.1. The number of para-hydroxylation sites is 1. The molecule has 0 aliphatic carbocycles. The molecule has 2 heteroatoms. The van der Waals surface area contributed by atoms with E-state index in [1.54, 1.807) is 6.07 Å². The second kappa shape index (κ2) is 5.69. The zero-order valence-corrected chi connectivity index (χ0v) is 10.9. The molecule has 18 heavy (non-hydrogen) atoms. The van der Waals surface area contributed by atoms with Crippen molar-refractivity contribution in [1.82, 2.24) is 5.32 Å². The van der Waals surface area contributed by atoms with Crippen molar-refractivity contribution >= 4 is 0 Å². The van der Waals surface area contributed by atoms with Crippen LogP contribution in [0.15, 0.2) is 48.5 Å². The van der Waals surface area contributed by atoms with Crippen molar-refractivity contribution in [2.45, 2.75) is 26.4 Å². The van der Waals surface area contributed by atoms with Gasteiger partial charge in [-0.15, -0.1) is 0 Å². The summed E-state index contributed by atoms with van der Waals surface area (Å²) in [4.78, 5) is 0. The minimum Gasteiger partial charge on any atom is -0.508 e. The van der Waals surface area contributed by atoms with Crippen LogP contribution < -0.4 is 5.32 Å². The molecular weight excluding hydrogens is 222 g/mol. The van der Waals surface area contributed by atoms with Gasteiger partial charge in [0.1, 0.15) is 5.75 Å². The molecule has 0 fully saturated rings. The second-order valence-corrected chi connectivity index (χ2v) is 4.64. The number of nitrogens with one attached hydrogen (secondary N) is 1. The molecule has 0 spiro atoms. The minimum absolute atomic E-state index is 0.269. The Hall–Kier alpha value is -1.80. The van der Waals surface area contributed by atoms with Gasteiger partial charge in [0.15, 0.2) is 0 Å². The molecule has 2 aromatic rings. The van der Waals surface area contributed by atoms with Crippen molar-refractivity contribution < 1.29 is 5.11 Å². The van der Waals surface area contributed by atoms with Crippen LogP contribution in [0.5, 0.6) is 5.75 Å². The number of phenols is 1. The third-order valence-corrected chi connectivity index (χ3v) is 3.17. The monoisotopic (exact) mass is 241 g/mol. The second-order valence-electron chi connectivity index (χ2n) is 4.64. The SMILES string of the molecule is Cc1ccc(C(C)NCc2ccccc2O)cc1. The third kappa shape index (κ3) is 3.11. The standard InChI is InChI=1S/C16H19NO/c1-12-7-9-14(10-8-12)13(2)17-11-15-5-3-4-6-16(15)18/h3-10,13,17-18H,11H2,1-2H3. The number of phenolic OH excluding ortho intramolecular Hbond substituents is 1. The van der Waals surface area contributed by atoms with Crippen molar-refractivity contribution in [3.8, 4) is 5.75 Å². The zero-order chi connectivity index (χ0) is 13.0. The van der Waals surface area contributed by atoms with Crippen LogP contribution in [0.3, 0.4) is 0 Å². The lowest BCUT2D eigenvalue weighted by molar-refractivity contribution is 0.460. The van der Waals surface area contributed by atoms with E-state index in [1.165, 1.54) is 11.1 Å². The van der Waals surface area contributed by atoms with Crippen LogP contribution in [0.1, 0.15) is 29.7 Å². The Bertz CT molecular complexity index is 505. The van der Waals surface area contributed by atoms with Gasteiger partial charge in [-0.1, -0.05) is 48.0 Å². The maximum atomic E-state index is 9.69. The van der Waals surface area contributed by atoms with Crippen LogP contribution in [-0.4, -0.2) is 5.11 Å². The van der Waals surface area contributed by atoms with E-state index in [0.29, 0.717) is 12.3 Å². The fourth-order valence-electron chi connectivity index (χ4n) is 1.90. The molecule has 1 atom stereocenters. The minimum atomic E-state index is 0.269. The van der Waals surface area contributed by atoms with E-state index < -0.39 is 0 Å². The Labute approximate surface area is 108 Å². The summed E-state index contributed by atoms with van der Waals surface area (Å²) in [7, 11) is 0. The zero-order valence-electron chi connectivity index (χ0n) is 10.9. The van der Waals surface area contributed by atoms with Crippen LogP contribution in [0.2, 0.25) is 0 Å². The van der Waals surface area contributed by atoms with Gasteiger partial charge < -0.3 is 10.4 Å². The van der Waals surface area contributed by atoms with Gasteiger partial charge in [0.25, 0.3) is 0 Å². The fourth-order valence-corrected chi connectivity index (χ4v) is 1.90. The van der Waals surface area contributed by atoms with Gasteiger partial charge in [-0.05, 0) is 25.5 Å². The summed E-state index contributed by atoms with van der Waals surface area (Å²) in [6, 6.07) is 16.2. The molecule has 0 saturated carbocycles. The van der Waals surface area contributed by atoms with E-state index in [4.69, 9.17) is 0 Å². The van der Waals surface area contributed by atoms with Crippen LogP contribution in [0.25, 0.3) is 0 Å². The fraction of sp³-hybridized carbons (Fsp3) is 0.250. The molecular formula is C16H19NO. The van der Waals surface area contributed by atoms with Crippen molar-refractivity contribution in [3.63, 3.8) is 0 Å². The number of aryl methyl sites for hydroxylation is 1. The van der Waals surface area contributed by atoms with Crippen LogP contribution >= 0.6 is 0 Å². The molecule has 2 nitrogen and oxygen atoms in total. The first kappa shape index (κ1) is 12.7. The number of hydrogen-bond acceptors (Lipinski definition) is 2. The Balaban J connectivity index is 1.98. The molecule has 0 bridgehead atoms. The first-order valence-electron chi connectivity index (χ1n) is 6.23. The molecule has 0 aromatic heterocycles. The van der Waals surface area contributed by atoms with E-state index in [0.717, 1.165) is 5.56 Å². The third-order valence-electron chi connectivity index (χ3n) is 3.17. The van der Waals surface area contributed by atoms with Crippen molar-refractivity contribution in [2.75, 3.05) is 0 Å². The summed E-state index contributed by atoms with van der Waals surface area (Å²) >= 11 is 0. The van der Waals surface area contributed by atoms with Gasteiger partial charge in [-0.2, -0.15) is 0 Å². The maximum absolute atomic E-state index is 9.69. The smallest absolute Gasteiger partial charge is 0.120 e. The molecule has 0 aliphatic rings. The molecule has 0 amide bonds. The summed E-state index contributed by atoms with van der Waals surface area (Å²) in [5.41, 5.74) is 3.46. The van der Waals surface area contributed by atoms with E-state index in [2.05, 4.69) is 43.4 Å². The maximum Gasteiger partial charge on any atom is 0.120 e. The highest BCUT2D eigenvalue weighted by atomic mass is 16.3. The quantitative estimate of drug-likeness (QED) is 0.858. The van der Waals surface area contributed by atoms with Crippen LogP contribution in [-0.2, 0) is 6.54 Å². The Morgan fingerprint density at radius 1 is 1.06 bits per heavy atom. The average Bonchev–Trinajstić information content (AvgIpc) is 2.38. The Morgan fingerprint density at radius 3 is 2.39 bits per heavy atom. The highest BCUT2D eigenvalue weighted by Gasteiger charge is 2.05. The van der Waals surface area contributed by atoms with Gasteiger partial charge in [0, 0.05) is 18.2 Å². The summed E-state index contributed by atoms with van der Waals surface area (Å²) in [6.07, 6.45) is 0. The number of hydrogen-bond donors (Lipinski definition) is 2. The van der Waals surface area contributed by atoms with Crippen LogP contribution in [0, 0.1) is 6.92 Å². The lowest BCUT2D eigenvalue weighted by Crippen LogP contribution is -2.18. The van der Waals surface area contributed by atoms with Crippen LogP contribution in [0.4, 0.5) is 0 Å². The average molecular weight is 241 g/mol. The molecule has 2 aromatic carbocycles. The highest BCUT2D eigenvalue weighted by molar-refractivity contribution is 5.32. The van der Waals surface area contributed by atoms with Gasteiger partial charge in [0.05, 0.1) is 0 Å². The van der Waals surface area contributed by atoms with E-state index >= 15 is 0 Å². The van der Waals surface area contributed by atoms with Gasteiger partial charge in [-0.25, -0.2) is 0 Å². The van der Waals surface area contributed by atoms with E-state index in [1.807, 2.05) is 18.2 Å². The molecule has 2 rings (SSSR count). The molecule has 0 saturated heterocycles. The summed E-state index contributed by atoms with van der Waals surface area (Å²) < 4.78 is 0. The Morgan fingerprint density at radius 2 is 1.72 bits per heavy atom. The first-order valence-corrected chi connectivity index (χ1v) is 6.23.